The first-order chi connectivity index (χ1) is 10.2. The van der Waals surface area contributed by atoms with E-state index in [1.54, 1.807) is 24.3 Å². The number of carbonyl (C=O) groups is 1. The van der Waals surface area contributed by atoms with Gasteiger partial charge in [-0.25, -0.2) is 0 Å². The number of anilines is 1. The van der Waals surface area contributed by atoms with Crippen LogP contribution in [0, 0.1) is 0 Å². The molecule has 0 heterocycles. The summed E-state index contributed by atoms with van der Waals surface area (Å²) in [6, 6.07) is 16.4. The van der Waals surface area contributed by atoms with E-state index in [1.807, 2.05) is 30.3 Å². The summed E-state index contributed by atoms with van der Waals surface area (Å²) in [6.45, 7) is 0.106. The Kier molecular flexibility index (Phi) is 5.49. The van der Waals surface area contributed by atoms with Crippen LogP contribution in [0.25, 0.3) is 0 Å². The maximum Gasteiger partial charge on any atom is 0.227 e. The number of amides is 1. The highest BCUT2D eigenvalue weighted by Crippen LogP contribution is 2.17. The molecular formula is C17H19NO3. The van der Waals surface area contributed by atoms with Gasteiger partial charge in [0.15, 0.2) is 0 Å². The quantitative estimate of drug-likeness (QED) is 0.762. The topological polar surface area (TPSA) is 69.6 Å². The van der Waals surface area contributed by atoms with E-state index in [2.05, 4.69) is 5.32 Å². The van der Waals surface area contributed by atoms with Crippen molar-refractivity contribution in [2.75, 3.05) is 11.9 Å². The van der Waals surface area contributed by atoms with E-state index in [9.17, 15) is 9.90 Å². The molecule has 2 rings (SSSR count). The van der Waals surface area contributed by atoms with Crippen LogP contribution in [0.15, 0.2) is 54.6 Å². The Balaban J connectivity index is 1.89. The summed E-state index contributed by atoms with van der Waals surface area (Å²) in [7, 11) is 0. The summed E-state index contributed by atoms with van der Waals surface area (Å²) in [5.74, 6) is -0.235. The summed E-state index contributed by atoms with van der Waals surface area (Å²) < 4.78 is 0. The second-order valence-corrected chi connectivity index (χ2v) is 4.85. The molecule has 0 spiro atoms. The highest BCUT2D eigenvalue weighted by molar-refractivity contribution is 5.91. The van der Waals surface area contributed by atoms with Gasteiger partial charge in [-0.05, 0) is 29.7 Å². The van der Waals surface area contributed by atoms with Crippen LogP contribution in [0.1, 0.15) is 23.7 Å². The van der Waals surface area contributed by atoms with Crippen molar-refractivity contribution in [2.24, 2.45) is 0 Å². The molecule has 0 aliphatic heterocycles. The molecule has 1 atom stereocenters. The minimum atomic E-state index is -0.806. The Morgan fingerprint density at radius 1 is 1.05 bits per heavy atom. The van der Waals surface area contributed by atoms with E-state index >= 15 is 0 Å². The van der Waals surface area contributed by atoms with Crippen molar-refractivity contribution in [3.05, 3.63) is 65.7 Å². The van der Waals surface area contributed by atoms with Crippen LogP contribution in [0.4, 0.5) is 5.69 Å². The van der Waals surface area contributed by atoms with Crippen LogP contribution in [0.5, 0.6) is 0 Å². The second kappa shape index (κ2) is 7.57. The zero-order valence-electron chi connectivity index (χ0n) is 11.7. The van der Waals surface area contributed by atoms with Crippen molar-refractivity contribution in [3.63, 3.8) is 0 Å². The van der Waals surface area contributed by atoms with E-state index in [1.165, 1.54) is 0 Å². The molecule has 0 bridgehead atoms. The SMILES string of the molecule is O=C(CC(O)c1ccccc1)Nc1ccc(CCO)cc1. The van der Waals surface area contributed by atoms with Crippen LogP contribution in [-0.4, -0.2) is 22.7 Å². The predicted molar refractivity (Wildman–Crippen MR) is 81.9 cm³/mol. The fourth-order valence-electron chi connectivity index (χ4n) is 2.06. The Morgan fingerprint density at radius 2 is 1.71 bits per heavy atom. The van der Waals surface area contributed by atoms with Gasteiger partial charge in [-0.3, -0.25) is 4.79 Å². The molecule has 2 aromatic rings. The number of aliphatic hydroxyl groups is 2. The number of rotatable bonds is 6. The molecule has 0 radical (unpaired) electrons. The van der Waals surface area contributed by atoms with Crippen molar-refractivity contribution in [3.8, 4) is 0 Å². The Morgan fingerprint density at radius 3 is 2.33 bits per heavy atom. The Bertz CT molecular complexity index is 566. The lowest BCUT2D eigenvalue weighted by atomic mass is 10.1. The Hall–Kier alpha value is -2.17. The number of hydrogen-bond donors (Lipinski definition) is 3. The van der Waals surface area contributed by atoms with Gasteiger partial charge in [0.25, 0.3) is 0 Å². The molecule has 4 nitrogen and oxygen atoms in total. The fourth-order valence-corrected chi connectivity index (χ4v) is 2.06. The van der Waals surface area contributed by atoms with Crippen LogP contribution in [-0.2, 0) is 11.2 Å². The first-order valence-corrected chi connectivity index (χ1v) is 6.91. The third-order valence-electron chi connectivity index (χ3n) is 3.20. The van der Waals surface area contributed by atoms with Gasteiger partial charge in [-0.15, -0.1) is 0 Å². The van der Waals surface area contributed by atoms with E-state index in [4.69, 9.17) is 5.11 Å². The highest BCUT2D eigenvalue weighted by Gasteiger charge is 2.12. The van der Waals surface area contributed by atoms with Crippen LogP contribution in [0.3, 0.4) is 0 Å². The molecule has 0 fully saturated rings. The lowest BCUT2D eigenvalue weighted by Gasteiger charge is -2.11. The lowest BCUT2D eigenvalue weighted by Crippen LogP contribution is -2.15. The van der Waals surface area contributed by atoms with Gasteiger partial charge in [0.05, 0.1) is 12.5 Å². The zero-order valence-corrected chi connectivity index (χ0v) is 11.7. The molecule has 1 unspecified atom stereocenters. The maximum atomic E-state index is 11.9. The van der Waals surface area contributed by atoms with Gasteiger partial charge in [0, 0.05) is 12.3 Å². The van der Waals surface area contributed by atoms with Crippen LogP contribution >= 0.6 is 0 Å². The minimum Gasteiger partial charge on any atom is -0.396 e. The van der Waals surface area contributed by atoms with Gasteiger partial charge in [0.2, 0.25) is 5.91 Å². The Labute approximate surface area is 124 Å². The third kappa shape index (κ3) is 4.70. The highest BCUT2D eigenvalue weighted by atomic mass is 16.3. The van der Waals surface area contributed by atoms with Crippen molar-refractivity contribution in [1.29, 1.82) is 0 Å². The molecule has 0 aliphatic carbocycles. The van der Waals surface area contributed by atoms with Gasteiger partial charge in [0.1, 0.15) is 0 Å². The third-order valence-corrected chi connectivity index (χ3v) is 3.20. The fraction of sp³-hybridized carbons (Fsp3) is 0.235. The van der Waals surface area contributed by atoms with Crippen LogP contribution in [0.2, 0.25) is 0 Å². The molecular weight excluding hydrogens is 266 g/mol. The molecule has 21 heavy (non-hydrogen) atoms. The average molecular weight is 285 g/mol. The summed E-state index contributed by atoms with van der Waals surface area (Å²) in [6.07, 6.45) is -0.191. The number of carbonyl (C=O) groups excluding carboxylic acids is 1. The molecule has 0 aromatic heterocycles. The summed E-state index contributed by atoms with van der Waals surface area (Å²) in [5, 5.41) is 21.6. The smallest absolute Gasteiger partial charge is 0.227 e. The molecule has 4 heteroatoms. The molecule has 1 amide bonds. The van der Waals surface area contributed by atoms with Gasteiger partial charge >= 0.3 is 0 Å². The number of benzene rings is 2. The summed E-state index contributed by atoms with van der Waals surface area (Å²) in [5.41, 5.74) is 2.42. The van der Waals surface area contributed by atoms with E-state index < -0.39 is 6.10 Å². The monoisotopic (exact) mass is 285 g/mol. The maximum absolute atomic E-state index is 11.9. The standard InChI is InChI=1S/C17H19NO3/c19-11-10-13-6-8-15(9-7-13)18-17(21)12-16(20)14-4-2-1-3-5-14/h1-9,16,19-20H,10-12H2,(H,18,21). The average Bonchev–Trinajstić information content (AvgIpc) is 2.50. The molecule has 2 aromatic carbocycles. The van der Waals surface area contributed by atoms with Crippen molar-refractivity contribution in [2.45, 2.75) is 18.9 Å². The van der Waals surface area contributed by atoms with E-state index in [0.29, 0.717) is 12.1 Å². The van der Waals surface area contributed by atoms with Gasteiger partial charge in [-0.2, -0.15) is 0 Å². The van der Waals surface area contributed by atoms with Gasteiger partial charge in [-0.1, -0.05) is 42.5 Å². The molecule has 110 valence electrons. The normalized spacial score (nSPS) is 11.9. The predicted octanol–water partition coefficient (Wildman–Crippen LogP) is 2.28. The van der Waals surface area contributed by atoms with E-state index in [0.717, 1.165) is 11.1 Å². The van der Waals surface area contributed by atoms with Crippen molar-refractivity contribution in [1.82, 2.24) is 0 Å². The molecule has 0 saturated heterocycles. The number of nitrogens with one attached hydrogen (secondary N) is 1. The van der Waals surface area contributed by atoms with Crippen molar-refractivity contribution < 1.29 is 15.0 Å². The van der Waals surface area contributed by atoms with Gasteiger partial charge < -0.3 is 15.5 Å². The molecule has 0 saturated carbocycles. The molecule has 3 N–H and O–H groups in total. The second-order valence-electron chi connectivity index (χ2n) is 4.85. The summed E-state index contributed by atoms with van der Waals surface area (Å²) >= 11 is 0. The minimum absolute atomic E-state index is 0.0163. The first kappa shape index (κ1) is 15.2. The molecule has 0 aliphatic rings. The zero-order chi connectivity index (χ0) is 15.1. The summed E-state index contributed by atoms with van der Waals surface area (Å²) in [4.78, 5) is 11.9. The van der Waals surface area contributed by atoms with Crippen molar-refractivity contribution >= 4 is 11.6 Å². The van der Waals surface area contributed by atoms with Crippen LogP contribution < -0.4 is 5.32 Å². The first-order valence-electron chi connectivity index (χ1n) is 6.91. The van der Waals surface area contributed by atoms with E-state index in [-0.39, 0.29) is 18.9 Å². The lowest BCUT2D eigenvalue weighted by molar-refractivity contribution is -0.118. The number of hydrogen-bond acceptors (Lipinski definition) is 3. The number of aliphatic hydroxyl groups excluding tert-OH is 2. The largest absolute Gasteiger partial charge is 0.396 e.